The average Bonchev–Trinajstić information content (AvgIpc) is 2.77. The SMILES string of the molecule is CCCC1(N2CCN(C(C)C)CC2)CCCN(C(=O)OC(C)(C)C)CC1. The number of rotatable bonds is 4. The van der Waals surface area contributed by atoms with E-state index in [1.165, 1.54) is 32.4 Å². The third kappa shape index (κ3) is 5.59. The molecule has 5 nitrogen and oxygen atoms in total. The Hall–Kier alpha value is -0.810. The molecule has 2 heterocycles. The Bertz CT molecular complexity index is 453. The first-order chi connectivity index (χ1) is 12.2. The molecule has 1 atom stereocenters. The molecule has 0 spiro atoms. The van der Waals surface area contributed by atoms with Crippen molar-refractivity contribution in [2.45, 2.75) is 90.8 Å². The summed E-state index contributed by atoms with van der Waals surface area (Å²) >= 11 is 0. The van der Waals surface area contributed by atoms with Crippen molar-refractivity contribution in [2.75, 3.05) is 39.3 Å². The summed E-state index contributed by atoms with van der Waals surface area (Å²) in [7, 11) is 0. The maximum atomic E-state index is 12.5. The van der Waals surface area contributed by atoms with Crippen LogP contribution in [0.5, 0.6) is 0 Å². The van der Waals surface area contributed by atoms with Gasteiger partial charge in [-0.2, -0.15) is 0 Å². The number of likely N-dealkylation sites (tertiary alicyclic amines) is 1. The van der Waals surface area contributed by atoms with Gasteiger partial charge >= 0.3 is 6.09 Å². The molecule has 1 unspecified atom stereocenters. The van der Waals surface area contributed by atoms with Crippen molar-refractivity contribution >= 4 is 6.09 Å². The Balaban J connectivity index is 2.02. The van der Waals surface area contributed by atoms with Crippen LogP contribution < -0.4 is 0 Å². The summed E-state index contributed by atoms with van der Waals surface area (Å²) in [6.45, 7) is 19.0. The first-order valence-corrected chi connectivity index (χ1v) is 10.6. The molecular formula is C21H41N3O2. The molecule has 2 rings (SSSR count). The predicted octanol–water partition coefficient (Wildman–Crippen LogP) is 3.97. The van der Waals surface area contributed by atoms with Gasteiger partial charge in [0.15, 0.2) is 0 Å². The highest BCUT2D eigenvalue weighted by Gasteiger charge is 2.40. The second kappa shape index (κ2) is 8.92. The topological polar surface area (TPSA) is 36.0 Å². The van der Waals surface area contributed by atoms with Gasteiger partial charge in [0.1, 0.15) is 5.60 Å². The molecular weight excluding hydrogens is 326 g/mol. The molecule has 2 saturated heterocycles. The molecule has 5 heteroatoms. The smallest absolute Gasteiger partial charge is 0.410 e. The minimum absolute atomic E-state index is 0.144. The van der Waals surface area contributed by atoms with Gasteiger partial charge in [0.05, 0.1) is 0 Å². The number of ether oxygens (including phenoxy) is 1. The Morgan fingerprint density at radius 1 is 1.04 bits per heavy atom. The zero-order valence-corrected chi connectivity index (χ0v) is 18.0. The molecule has 0 N–H and O–H groups in total. The average molecular weight is 368 g/mol. The van der Waals surface area contributed by atoms with E-state index in [0.717, 1.165) is 39.0 Å². The number of carbonyl (C=O) groups is 1. The van der Waals surface area contributed by atoms with E-state index < -0.39 is 5.60 Å². The molecule has 152 valence electrons. The second-order valence-electron chi connectivity index (χ2n) is 9.41. The van der Waals surface area contributed by atoms with Gasteiger partial charge in [-0.25, -0.2) is 4.79 Å². The number of hydrogen-bond donors (Lipinski definition) is 0. The van der Waals surface area contributed by atoms with Crippen LogP contribution >= 0.6 is 0 Å². The van der Waals surface area contributed by atoms with Crippen molar-refractivity contribution in [3.8, 4) is 0 Å². The number of amides is 1. The first-order valence-electron chi connectivity index (χ1n) is 10.6. The standard InChI is InChI=1S/C21H41N3O2/c1-7-9-21(24-16-14-22(15-17-24)18(2)3)10-8-12-23(13-11-21)19(25)26-20(4,5)6/h18H,7-17H2,1-6H3. The van der Waals surface area contributed by atoms with Gasteiger partial charge in [-0.15, -0.1) is 0 Å². The second-order valence-corrected chi connectivity index (χ2v) is 9.41. The van der Waals surface area contributed by atoms with Crippen LogP contribution in [0.4, 0.5) is 4.79 Å². The zero-order valence-electron chi connectivity index (χ0n) is 18.0. The van der Waals surface area contributed by atoms with E-state index in [1.54, 1.807) is 0 Å². The van der Waals surface area contributed by atoms with Crippen molar-refractivity contribution in [1.29, 1.82) is 0 Å². The first kappa shape index (κ1) is 21.5. The Morgan fingerprint density at radius 3 is 2.23 bits per heavy atom. The van der Waals surface area contributed by atoms with Crippen molar-refractivity contribution < 1.29 is 9.53 Å². The van der Waals surface area contributed by atoms with Gasteiger partial charge in [-0.05, 0) is 60.3 Å². The fraction of sp³-hybridized carbons (Fsp3) is 0.952. The molecule has 1 amide bonds. The number of hydrogen-bond acceptors (Lipinski definition) is 4. The van der Waals surface area contributed by atoms with Crippen LogP contribution in [0.15, 0.2) is 0 Å². The molecule has 0 saturated carbocycles. The zero-order chi connectivity index (χ0) is 19.4. The Morgan fingerprint density at radius 2 is 1.69 bits per heavy atom. The normalized spacial score (nSPS) is 26.8. The summed E-state index contributed by atoms with van der Waals surface area (Å²) in [6, 6.07) is 0.635. The molecule has 0 aromatic heterocycles. The summed E-state index contributed by atoms with van der Waals surface area (Å²) < 4.78 is 5.61. The third-order valence-corrected chi connectivity index (χ3v) is 6.00. The monoisotopic (exact) mass is 367 g/mol. The quantitative estimate of drug-likeness (QED) is 0.753. The minimum atomic E-state index is -0.420. The number of piperazine rings is 1. The number of carbonyl (C=O) groups excluding carboxylic acids is 1. The fourth-order valence-corrected chi connectivity index (χ4v) is 4.59. The van der Waals surface area contributed by atoms with Gasteiger partial charge in [0.2, 0.25) is 0 Å². The largest absolute Gasteiger partial charge is 0.444 e. The third-order valence-electron chi connectivity index (χ3n) is 6.00. The Labute approximate surface area is 161 Å². The summed E-state index contributed by atoms with van der Waals surface area (Å²) in [5, 5.41) is 0. The summed E-state index contributed by atoms with van der Waals surface area (Å²) in [4.78, 5) is 19.8. The number of nitrogens with zero attached hydrogens (tertiary/aromatic N) is 3. The van der Waals surface area contributed by atoms with E-state index in [9.17, 15) is 4.79 Å². The highest BCUT2D eigenvalue weighted by molar-refractivity contribution is 5.68. The van der Waals surface area contributed by atoms with E-state index in [1.807, 2.05) is 25.7 Å². The van der Waals surface area contributed by atoms with Gasteiger partial charge in [-0.1, -0.05) is 13.3 Å². The van der Waals surface area contributed by atoms with Crippen LogP contribution in [0.1, 0.15) is 73.6 Å². The molecule has 0 aromatic carbocycles. The van der Waals surface area contributed by atoms with Crippen LogP contribution in [0.3, 0.4) is 0 Å². The fourth-order valence-electron chi connectivity index (χ4n) is 4.59. The lowest BCUT2D eigenvalue weighted by Gasteiger charge is -2.48. The molecule has 2 aliphatic rings. The van der Waals surface area contributed by atoms with Crippen LogP contribution in [0.25, 0.3) is 0 Å². The molecule has 0 aliphatic carbocycles. The van der Waals surface area contributed by atoms with E-state index in [4.69, 9.17) is 4.74 Å². The van der Waals surface area contributed by atoms with Crippen LogP contribution in [-0.2, 0) is 4.74 Å². The van der Waals surface area contributed by atoms with Crippen LogP contribution in [0.2, 0.25) is 0 Å². The summed E-state index contributed by atoms with van der Waals surface area (Å²) in [5.74, 6) is 0. The Kier molecular flexibility index (Phi) is 7.37. The lowest BCUT2D eigenvalue weighted by atomic mass is 9.83. The van der Waals surface area contributed by atoms with Gasteiger partial charge in [-0.3, -0.25) is 9.80 Å². The molecule has 2 fully saturated rings. The maximum Gasteiger partial charge on any atom is 0.410 e. The maximum absolute atomic E-state index is 12.5. The van der Waals surface area contributed by atoms with Crippen LogP contribution in [-0.4, -0.2) is 77.2 Å². The summed E-state index contributed by atoms with van der Waals surface area (Å²) in [5.41, 5.74) is -0.161. The van der Waals surface area contributed by atoms with Crippen molar-refractivity contribution in [1.82, 2.24) is 14.7 Å². The van der Waals surface area contributed by atoms with Crippen molar-refractivity contribution in [3.05, 3.63) is 0 Å². The van der Waals surface area contributed by atoms with Gasteiger partial charge < -0.3 is 9.64 Å². The lowest BCUT2D eigenvalue weighted by molar-refractivity contribution is 0.00437. The molecule has 0 aromatic rings. The highest BCUT2D eigenvalue weighted by atomic mass is 16.6. The van der Waals surface area contributed by atoms with E-state index in [-0.39, 0.29) is 11.6 Å². The molecule has 0 radical (unpaired) electrons. The lowest BCUT2D eigenvalue weighted by Crippen LogP contribution is -2.58. The van der Waals surface area contributed by atoms with Crippen molar-refractivity contribution in [3.63, 3.8) is 0 Å². The van der Waals surface area contributed by atoms with E-state index >= 15 is 0 Å². The molecule has 0 bridgehead atoms. The predicted molar refractivity (Wildman–Crippen MR) is 108 cm³/mol. The van der Waals surface area contributed by atoms with Crippen molar-refractivity contribution in [2.24, 2.45) is 0 Å². The van der Waals surface area contributed by atoms with Crippen LogP contribution in [0, 0.1) is 0 Å². The van der Waals surface area contributed by atoms with Gasteiger partial charge in [0.25, 0.3) is 0 Å². The molecule has 2 aliphatic heterocycles. The van der Waals surface area contributed by atoms with Gasteiger partial charge in [0, 0.05) is 50.8 Å². The molecule has 26 heavy (non-hydrogen) atoms. The summed E-state index contributed by atoms with van der Waals surface area (Å²) in [6.07, 6.45) is 5.63. The van der Waals surface area contributed by atoms with E-state index in [0.29, 0.717) is 6.04 Å². The minimum Gasteiger partial charge on any atom is -0.444 e. The highest BCUT2D eigenvalue weighted by Crippen LogP contribution is 2.34. The van der Waals surface area contributed by atoms with E-state index in [2.05, 4.69) is 30.6 Å².